The highest BCUT2D eigenvalue weighted by Crippen LogP contribution is 2.64. The topological polar surface area (TPSA) is 33.5 Å². The number of hydrogen-bond donors (Lipinski definition) is 0. The Labute approximate surface area is 408 Å². The van der Waals surface area contributed by atoms with Crippen molar-refractivity contribution in [3.8, 4) is 50.7 Å². The molecule has 0 atom stereocenters. The van der Waals surface area contributed by atoms with Gasteiger partial charge in [-0.05, 0) is 104 Å². The molecule has 2 aromatic heterocycles. The number of benzene rings is 9. The molecule has 3 heterocycles. The van der Waals surface area contributed by atoms with Gasteiger partial charge in [-0.15, -0.1) is 0 Å². The van der Waals surface area contributed by atoms with Crippen LogP contribution in [0, 0.1) is 0 Å². The van der Waals surface area contributed by atoms with E-state index in [0.29, 0.717) is 6.67 Å². The quantitative estimate of drug-likeness (QED) is 0.160. The largest absolute Gasteiger partial charge is 0.457 e. The molecule has 11 aromatic rings. The van der Waals surface area contributed by atoms with Gasteiger partial charge in [0.25, 0.3) is 0 Å². The van der Waals surface area contributed by atoms with E-state index in [9.17, 15) is 0 Å². The fourth-order valence-corrected chi connectivity index (χ4v) is 12.1. The lowest BCUT2D eigenvalue weighted by Gasteiger charge is -2.32. The van der Waals surface area contributed by atoms with Gasteiger partial charge >= 0.3 is 0 Å². The van der Waals surface area contributed by atoms with Gasteiger partial charge < -0.3 is 14.5 Å². The molecule has 0 N–H and O–H groups in total. The summed E-state index contributed by atoms with van der Waals surface area (Å²) in [6.07, 6.45) is 1.96. The Morgan fingerprint density at radius 1 is 0.457 bits per heavy atom. The molecule has 0 unspecified atom stereocenters. The number of fused-ring (bicyclic) bond motifs is 8. The van der Waals surface area contributed by atoms with E-state index in [1.807, 2.05) is 6.20 Å². The maximum atomic E-state index is 7.24. The lowest BCUT2D eigenvalue weighted by Crippen LogP contribution is -2.26. The number of pyridine rings is 1. The van der Waals surface area contributed by atoms with Gasteiger partial charge in [0.2, 0.25) is 0 Å². The van der Waals surface area contributed by atoms with E-state index in [2.05, 4.69) is 254 Å². The Balaban J connectivity index is 0.925. The summed E-state index contributed by atoms with van der Waals surface area (Å²) < 4.78 is 9.60. The van der Waals surface area contributed by atoms with Gasteiger partial charge in [0.05, 0.1) is 33.5 Å². The van der Waals surface area contributed by atoms with E-state index in [4.69, 9.17) is 9.72 Å². The summed E-state index contributed by atoms with van der Waals surface area (Å²) in [5, 5.41) is 2.53. The maximum Gasteiger partial charge on any atom is 0.137 e. The first-order valence-electron chi connectivity index (χ1n) is 24.3. The second kappa shape index (κ2) is 15.2. The fraction of sp³-hybridized carbons (Fsp3) is 0.0923. The summed E-state index contributed by atoms with van der Waals surface area (Å²) >= 11 is 0. The van der Waals surface area contributed by atoms with Gasteiger partial charge in [0.15, 0.2) is 0 Å². The molecule has 14 rings (SSSR count). The van der Waals surface area contributed by atoms with E-state index in [0.717, 1.165) is 45.4 Å². The third-order valence-corrected chi connectivity index (χ3v) is 15.1. The lowest BCUT2D eigenvalue weighted by molar-refractivity contribution is 0.482. The lowest BCUT2D eigenvalue weighted by atomic mass is 9.70. The zero-order valence-electron chi connectivity index (χ0n) is 39.3. The molecule has 0 bridgehead atoms. The van der Waals surface area contributed by atoms with Crippen molar-refractivity contribution in [3.63, 3.8) is 0 Å². The van der Waals surface area contributed by atoms with Crippen molar-refractivity contribution in [1.29, 1.82) is 0 Å². The third kappa shape index (κ3) is 5.81. The van der Waals surface area contributed by atoms with Gasteiger partial charge in [-0.1, -0.05) is 178 Å². The second-order valence-electron chi connectivity index (χ2n) is 19.9. The molecule has 0 amide bonds. The average Bonchev–Trinajstić information content (AvgIpc) is 4.13. The van der Waals surface area contributed by atoms with Crippen LogP contribution in [0.15, 0.2) is 225 Å². The van der Waals surface area contributed by atoms with Crippen LogP contribution in [0.5, 0.6) is 11.5 Å². The zero-order chi connectivity index (χ0) is 46.7. The molecule has 1 spiro atoms. The highest BCUT2D eigenvalue weighted by atomic mass is 16.5. The van der Waals surface area contributed by atoms with Crippen LogP contribution in [-0.4, -0.2) is 16.2 Å². The molecule has 0 fully saturated rings. The highest BCUT2D eigenvalue weighted by Gasteiger charge is 2.52. The smallest absolute Gasteiger partial charge is 0.137 e. The van der Waals surface area contributed by atoms with E-state index in [1.165, 1.54) is 77.7 Å². The molecule has 1 aliphatic heterocycles. The zero-order valence-corrected chi connectivity index (χ0v) is 39.3. The Bertz CT molecular complexity index is 3800. The molecule has 0 radical (unpaired) electrons. The highest BCUT2D eigenvalue weighted by molar-refractivity contribution is 6.19. The first kappa shape index (κ1) is 40.4. The minimum absolute atomic E-state index is 0.0488. The summed E-state index contributed by atoms with van der Waals surface area (Å²) in [4.78, 5) is 9.97. The number of rotatable bonds is 7. The van der Waals surface area contributed by atoms with E-state index < -0.39 is 5.41 Å². The molecular weight excluding hydrogens is 853 g/mol. The molecule has 3 aliphatic rings. The van der Waals surface area contributed by atoms with Crippen molar-refractivity contribution < 1.29 is 4.74 Å². The molecular formula is C65H48N4O. The van der Waals surface area contributed by atoms with Crippen LogP contribution in [0.2, 0.25) is 0 Å². The number of aromatic nitrogens is 2. The molecule has 0 saturated carbocycles. The summed E-state index contributed by atoms with van der Waals surface area (Å²) in [5.41, 5.74) is 19.9. The number of hydrogen-bond acceptors (Lipinski definition) is 4. The number of anilines is 4. The molecule has 2 aliphatic carbocycles. The van der Waals surface area contributed by atoms with Crippen molar-refractivity contribution in [2.75, 3.05) is 16.5 Å². The molecule has 9 aromatic carbocycles. The monoisotopic (exact) mass is 900 g/mol. The van der Waals surface area contributed by atoms with Crippen molar-refractivity contribution in [2.45, 2.75) is 31.6 Å². The van der Waals surface area contributed by atoms with E-state index >= 15 is 0 Å². The molecule has 5 nitrogen and oxygen atoms in total. The predicted octanol–water partition coefficient (Wildman–Crippen LogP) is 16.5. The van der Waals surface area contributed by atoms with Crippen LogP contribution in [-0.2, 0) is 10.8 Å². The first-order valence-corrected chi connectivity index (χ1v) is 24.3. The van der Waals surface area contributed by atoms with Gasteiger partial charge in [-0.25, -0.2) is 4.98 Å². The van der Waals surface area contributed by atoms with Crippen molar-refractivity contribution in [2.24, 2.45) is 0 Å². The Hall–Kier alpha value is -8.67. The molecule has 70 heavy (non-hydrogen) atoms. The Morgan fingerprint density at radius 3 is 1.71 bits per heavy atom. The summed E-state index contributed by atoms with van der Waals surface area (Å²) in [5.74, 6) is 2.45. The van der Waals surface area contributed by atoms with E-state index in [-0.39, 0.29) is 5.41 Å². The van der Waals surface area contributed by atoms with Crippen LogP contribution < -0.4 is 14.5 Å². The van der Waals surface area contributed by atoms with Crippen LogP contribution in [0.1, 0.15) is 48.6 Å². The average molecular weight is 901 g/mol. The Kier molecular flexibility index (Phi) is 8.75. The molecule has 334 valence electrons. The predicted molar refractivity (Wildman–Crippen MR) is 288 cm³/mol. The maximum absolute atomic E-state index is 7.24. The molecule has 0 saturated heterocycles. The van der Waals surface area contributed by atoms with Crippen molar-refractivity contribution in [1.82, 2.24) is 9.55 Å². The third-order valence-electron chi connectivity index (χ3n) is 15.1. The molecule has 5 heteroatoms. The normalized spacial score (nSPS) is 13.9. The number of ether oxygens (including phenoxy) is 1. The van der Waals surface area contributed by atoms with Gasteiger partial charge in [0.1, 0.15) is 24.0 Å². The minimum atomic E-state index is -0.520. The SMILES string of the molecule is CC(C)(C)c1ccnc(-n2c3cccc4c3c3c(cc(Oc5cccc(N6CN(c7c(-c8ccccc8)cccc7-c7ccccc7)c7ccccc76)c5)cc32)C42c3ccccc3-c3ccccc32)c1. The first-order chi connectivity index (χ1) is 34.4. The van der Waals surface area contributed by atoms with E-state index in [1.54, 1.807) is 0 Å². The summed E-state index contributed by atoms with van der Waals surface area (Å²) in [6.45, 7) is 7.41. The van der Waals surface area contributed by atoms with Gasteiger partial charge in [0, 0.05) is 45.9 Å². The fourth-order valence-electron chi connectivity index (χ4n) is 12.1. The van der Waals surface area contributed by atoms with Gasteiger partial charge in [-0.2, -0.15) is 0 Å². The second-order valence-corrected chi connectivity index (χ2v) is 19.9. The van der Waals surface area contributed by atoms with Crippen LogP contribution in [0.25, 0.3) is 61.0 Å². The minimum Gasteiger partial charge on any atom is -0.457 e. The standard InChI is InChI=1S/C65H48N4O/c1-64(2,3)44-35-36-66-60(37-44)69-58-34-18-31-54-61(58)62-55(65(54)52-29-12-10-25-50(52)51-26-11-13-30-53(51)65)39-47(40-59(62)69)70-46-24-16-23-45(38-46)67-41-68(57-33-15-14-32-56(57)67)63-48(42-19-6-4-7-20-42)27-17-28-49(63)43-21-8-5-9-22-43/h4-40H,41H2,1-3H3. The van der Waals surface area contributed by atoms with Crippen LogP contribution in [0.3, 0.4) is 0 Å². The summed E-state index contributed by atoms with van der Waals surface area (Å²) in [7, 11) is 0. The van der Waals surface area contributed by atoms with Crippen molar-refractivity contribution >= 4 is 44.6 Å². The number of nitrogens with zero attached hydrogens (tertiary/aromatic N) is 4. The van der Waals surface area contributed by atoms with Crippen molar-refractivity contribution in [3.05, 3.63) is 252 Å². The van der Waals surface area contributed by atoms with Crippen LogP contribution in [0.4, 0.5) is 22.7 Å². The Morgan fingerprint density at radius 2 is 1.03 bits per heavy atom. The summed E-state index contributed by atoms with van der Waals surface area (Å²) in [6, 6.07) is 79.4. The van der Waals surface area contributed by atoms with Gasteiger partial charge in [-0.3, -0.25) is 4.57 Å². The number of para-hydroxylation sites is 3. The van der Waals surface area contributed by atoms with Crippen LogP contribution >= 0.6 is 0 Å².